The Morgan fingerprint density at radius 1 is 0.516 bits per heavy atom. The molecule has 27 heteroatoms. The number of carbonyl (C=O) groups excluding carboxylic acids is 3. The van der Waals surface area contributed by atoms with E-state index >= 15 is 0 Å². The number of hydrogen-bond acceptors (Lipinski definition) is 23. The molecule has 6 heterocycles. The van der Waals surface area contributed by atoms with Crippen molar-refractivity contribution in [2.24, 2.45) is 0 Å². The molecule has 11 rings (SSSR count). The van der Waals surface area contributed by atoms with Crippen molar-refractivity contribution in [3.63, 3.8) is 0 Å². The number of anilines is 3. The number of benzene rings is 5. The summed E-state index contributed by atoms with van der Waals surface area (Å²) in [4.78, 5) is 96.7. The van der Waals surface area contributed by atoms with Gasteiger partial charge in [0.15, 0.2) is 46.0 Å². The Morgan fingerprint density at radius 3 is 1.42 bits per heavy atom. The molecule has 5 aromatic carbocycles. The summed E-state index contributed by atoms with van der Waals surface area (Å²) < 4.78 is 42.0. The molecule has 4 N–H and O–H groups in total. The predicted molar refractivity (Wildman–Crippen MR) is 364 cm³/mol. The van der Waals surface area contributed by atoms with Crippen LogP contribution in [0.5, 0.6) is 51.7 Å². The van der Waals surface area contributed by atoms with Gasteiger partial charge in [-0.2, -0.15) is 0 Å². The average Bonchev–Trinajstić information content (AvgIpc) is 0.835. The molecule has 93 heavy (non-hydrogen) atoms. The summed E-state index contributed by atoms with van der Waals surface area (Å²) in [5.74, 6) is 4.42. The number of methoxy groups -OCH3 is 4. The van der Waals surface area contributed by atoms with Gasteiger partial charge in [0.2, 0.25) is 0 Å². The maximum Gasteiger partial charge on any atom is 0.321 e. The highest BCUT2D eigenvalue weighted by atomic mass is 16.6. The van der Waals surface area contributed by atoms with Crippen molar-refractivity contribution in [2.45, 2.75) is 71.2 Å². The second-order valence-electron chi connectivity index (χ2n) is 19.6. The SMILES string of the molecule is C.C.C.C.C.CC(=O)Oc1cc2ncnc(N3CCN(C)CC3)c2cc1O.CCCOc1ccc(NC(=O)N2CCN(c3ncnc4cc(OC)c(OCC)cc34)CC2)cc1.COc1cc2nc[nH]c(=O)c2cc1OC.COc1cc2nc[nH]c(=O)c2cc1OC(C)=O. The number of hydrogen-bond donors (Lipinski definition) is 4. The molecule has 0 unspecified atom stereocenters. The van der Waals surface area contributed by atoms with Gasteiger partial charge in [-0.1, -0.05) is 44.1 Å². The number of nitrogens with zero attached hydrogens (tertiary/aromatic N) is 10. The van der Waals surface area contributed by atoms with E-state index in [9.17, 15) is 29.1 Å². The molecule has 0 bridgehead atoms. The number of aromatic hydroxyl groups is 1. The molecule has 2 fully saturated rings. The van der Waals surface area contributed by atoms with Gasteiger partial charge >= 0.3 is 18.0 Å². The topological polar surface area (TPSA) is 313 Å². The van der Waals surface area contributed by atoms with E-state index < -0.39 is 11.9 Å². The van der Waals surface area contributed by atoms with Crippen LogP contribution in [0, 0.1) is 0 Å². The number of aromatic amines is 2. The lowest BCUT2D eigenvalue weighted by Crippen LogP contribution is -2.50. The second-order valence-corrected chi connectivity index (χ2v) is 19.6. The van der Waals surface area contributed by atoms with E-state index in [-0.39, 0.29) is 71.5 Å². The Kier molecular flexibility index (Phi) is 29.9. The van der Waals surface area contributed by atoms with Gasteiger partial charge in [0.1, 0.15) is 30.0 Å². The number of H-pyrrole nitrogens is 2. The number of aromatic nitrogens is 8. The maximum absolute atomic E-state index is 12.8. The molecule has 9 aromatic rings. The first-order chi connectivity index (χ1) is 42.5. The first-order valence-corrected chi connectivity index (χ1v) is 28.0. The summed E-state index contributed by atoms with van der Waals surface area (Å²) in [6, 6.07) is 20.5. The van der Waals surface area contributed by atoms with E-state index in [2.05, 4.69) is 73.9 Å². The number of nitrogens with one attached hydrogen (secondary N) is 3. The fourth-order valence-corrected chi connectivity index (χ4v) is 9.34. The van der Waals surface area contributed by atoms with Gasteiger partial charge in [-0.25, -0.2) is 34.7 Å². The highest BCUT2D eigenvalue weighted by molar-refractivity contribution is 5.94. The van der Waals surface area contributed by atoms with Crippen LogP contribution in [0.25, 0.3) is 43.6 Å². The molecule has 4 aromatic heterocycles. The standard InChI is InChI=1S/C25H31N5O4.C15H18N4O3.C11H10N2O4.C10H10N2O3.5CH4/c1-4-14-34-19-8-6-18(7-9-19)28-25(31)30-12-10-29(11-13-30)24-20-15-23(33-5-2)22(32-3)16-21(20)26-17-27-24;1-10(20)22-14-8-12-11(7-13(14)21)15(17-9-16-12)19-5-3-18(2)4-6-19;1-6(14)17-10-3-7-8(4-9(10)16-2)12-5-13-11(7)15;1-14-8-3-6-7(4-9(8)15-2)11-5-12-10(6)13;;;;;/h6-9,15-17H,4-5,10-14H2,1-3H3,(H,28,31);7-9,21H,3-6H2,1-2H3;3-5H,1-2H3,(H,12,13,15);3-5H,1-2H3,(H,11,12,13);5*1H4. The van der Waals surface area contributed by atoms with Crippen molar-refractivity contribution < 1.29 is 57.4 Å². The minimum absolute atomic E-state index is 0. The Hall–Kier alpha value is -10.6. The number of piperazine rings is 2. The van der Waals surface area contributed by atoms with Crippen LogP contribution in [-0.2, 0) is 9.59 Å². The van der Waals surface area contributed by atoms with E-state index in [1.54, 1.807) is 43.8 Å². The molecule has 27 nitrogen and oxygen atoms in total. The van der Waals surface area contributed by atoms with Crippen LogP contribution in [0.15, 0.2) is 108 Å². The van der Waals surface area contributed by atoms with Gasteiger partial charge in [-0.15, -0.1) is 0 Å². The van der Waals surface area contributed by atoms with Gasteiger partial charge in [-0.05, 0) is 68.9 Å². The lowest BCUT2D eigenvalue weighted by molar-refractivity contribution is -0.132. The summed E-state index contributed by atoms with van der Waals surface area (Å²) in [5.41, 5.74) is 2.73. The monoisotopic (exact) mass is 1290 g/mol. The fourth-order valence-electron chi connectivity index (χ4n) is 9.34. The number of fused-ring (bicyclic) bond motifs is 4. The van der Waals surface area contributed by atoms with E-state index in [1.807, 2.05) is 48.2 Å². The van der Waals surface area contributed by atoms with Crippen LogP contribution in [0.4, 0.5) is 22.1 Å². The lowest BCUT2D eigenvalue weighted by Gasteiger charge is -2.35. The number of urea groups is 1. The molecule has 2 aliphatic heterocycles. The number of carbonyl (C=O) groups is 3. The zero-order valence-electron chi connectivity index (χ0n) is 50.2. The van der Waals surface area contributed by atoms with Gasteiger partial charge in [0.05, 0.1) is 87.1 Å². The Bertz CT molecular complexity index is 4020. The number of ether oxygens (including phenoxy) is 8. The van der Waals surface area contributed by atoms with Crippen molar-refractivity contribution in [1.82, 2.24) is 49.7 Å². The summed E-state index contributed by atoms with van der Waals surface area (Å²) in [7, 11) is 8.21. The smallest absolute Gasteiger partial charge is 0.321 e. The molecule has 2 saturated heterocycles. The molecular weight excluding hydrogens is 1200 g/mol. The molecule has 0 aliphatic carbocycles. The first kappa shape index (κ1) is 76.7. The molecule has 0 saturated carbocycles. The first-order valence-electron chi connectivity index (χ1n) is 28.0. The van der Waals surface area contributed by atoms with Crippen molar-refractivity contribution >= 4 is 78.9 Å². The zero-order valence-corrected chi connectivity index (χ0v) is 50.2. The van der Waals surface area contributed by atoms with E-state index in [0.717, 1.165) is 72.0 Å². The molecule has 2 amide bonds. The molecule has 0 spiro atoms. The highest BCUT2D eigenvalue weighted by Gasteiger charge is 2.25. The Balaban J connectivity index is 0.000000334. The van der Waals surface area contributed by atoms with Gasteiger partial charge in [0, 0.05) is 107 Å². The van der Waals surface area contributed by atoms with Crippen molar-refractivity contribution in [3.8, 4) is 51.7 Å². The summed E-state index contributed by atoms with van der Waals surface area (Å²) in [5, 5.41) is 15.5. The van der Waals surface area contributed by atoms with Crippen molar-refractivity contribution in [3.05, 3.63) is 119 Å². The van der Waals surface area contributed by atoms with Crippen LogP contribution >= 0.6 is 0 Å². The minimum Gasteiger partial charge on any atom is -0.504 e. The summed E-state index contributed by atoms with van der Waals surface area (Å²) in [6.07, 6.45) is 6.67. The number of phenolic OH excluding ortho intramolecular Hbond substituents is 1. The number of likely N-dealkylation sites (N-methyl/N-ethyl adjacent to an activating group) is 1. The van der Waals surface area contributed by atoms with Crippen molar-refractivity contribution in [2.75, 3.05) is 116 Å². The second kappa shape index (κ2) is 36.3. The summed E-state index contributed by atoms with van der Waals surface area (Å²) in [6.45, 7) is 13.9. The van der Waals surface area contributed by atoms with Crippen LogP contribution < -0.4 is 64.1 Å². The zero-order chi connectivity index (χ0) is 62.9. The number of amides is 2. The predicted octanol–water partition coefficient (Wildman–Crippen LogP) is 10.2. The third kappa shape index (κ3) is 19.5. The average molecular weight is 1290 g/mol. The molecule has 0 atom stereocenters. The van der Waals surface area contributed by atoms with Gasteiger partial charge in [-0.3, -0.25) is 19.2 Å². The summed E-state index contributed by atoms with van der Waals surface area (Å²) >= 11 is 0. The van der Waals surface area contributed by atoms with Crippen LogP contribution in [0.3, 0.4) is 0 Å². The Morgan fingerprint density at radius 2 is 0.935 bits per heavy atom. The van der Waals surface area contributed by atoms with Gasteiger partial charge < -0.3 is 77.9 Å². The Labute approximate surface area is 541 Å². The normalized spacial score (nSPS) is 12.3. The van der Waals surface area contributed by atoms with Crippen molar-refractivity contribution in [1.29, 1.82) is 0 Å². The largest absolute Gasteiger partial charge is 0.504 e. The van der Waals surface area contributed by atoms with E-state index in [1.165, 1.54) is 60.2 Å². The number of rotatable bonds is 14. The van der Waals surface area contributed by atoms with E-state index in [0.29, 0.717) is 95.5 Å². The third-order valence-corrected chi connectivity index (χ3v) is 13.7. The fraction of sp³-hybridized carbons (Fsp3) is 0.379. The highest BCUT2D eigenvalue weighted by Crippen LogP contribution is 2.37. The van der Waals surface area contributed by atoms with Crippen LogP contribution in [0.2, 0.25) is 0 Å². The molecule has 0 radical (unpaired) electrons. The van der Waals surface area contributed by atoms with Crippen LogP contribution in [0.1, 0.15) is 71.2 Å². The molecular formula is C66H89N13O14. The number of phenols is 1. The molecule has 2 aliphatic rings. The van der Waals surface area contributed by atoms with Crippen LogP contribution in [-0.4, -0.2) is 174 Å². The minimum atomic E-state index is -0.483. The lowest BCUT2D eigenvalue weighted by atomic mass is 10.2. The third-order valence-electron chi connectivity index (χ3n) is 13.7. The van der Waals surface area contributed by atoms with E-state index in [4.69, 9.17) is 37.9 Å². The quantitative estimate of drug-likeness (QED) is 0.0581. The van der Waals surface area contributed by atoms with Gasteiger partial charge in [0.25, 0.3) is 11.1 Å². The molecule has 502 valence electrons. The number of esters is 2. The maximum atomic E-state index is 12.8.